The first-order valence-corrected chi connectivity index (χ1v) is 15.0. The second kappa shape index (κ2) is 14.4. The van der Waals surface area contributed by atoms with Crippen molar-refractivity contribution < 1.29 is 0 Å². The van der Waals surface area contributed by atoms with Crippen molar-refractivity contribution >= 4 is 0 Å². The van der Waals surface area contributed by atoms with E-state index < -0.39 is 0 Å². The van der Waals surface area contributed by atoms with Gasteiger partial charge in [-0.1, -0.05) is 151 Å². The molecule has 1 saturated carbocycles. The summed E-state index contributed by atoms with van der Waals surface area (Å²) in [6.45, 7) is 4.58. The lowest BCUT2D eigenvalue weighted by Gasteiger charge is -2.28. The Morgan fingerprint density at radius 3 is 1.31 bits per heavy atom. The fourth-order valence-electron chi connectivity index (χ4n) is 6.02. The van der Waals surface area contributed by atoms with E-state index in [9.17, 15) is 0 Å². The Morgan fingerprint density at radius 1 is 0.444 bits per heavy atom. The van der Waals surface area contributed by atoms with Crippen LogP contribution < -0.4 is 0 Å². The number of benzene rings is 3. The number of hydrogen-bond acceptors (Lipinski definition) is 0. The highest BCUT2D eigenvalue weighted by molar-refractivity contribution is 5.70. The molecule has 0 atom stereocenters. The number of unbranched alkanes of at least 4 members (excludes halogenated alkanes) is 4. The van der Waals surface area contributed by atoms with Crippen molar-refractivity contribution in [2.24, 2.45) is 11.8 Å². The maximum absolute atomic E-state index is 2.36. The van der Waals surface area contributed by atoms with Crippen LogP contribution in [0.1, 0.15) is 102 Å². The SMILES string of the molecule is CCCCCc1ccc(-c2ccc(-c3ccc(CCC4CCC(CCCCC)CC4)cc3)cc2)cc1. The Morgan fingerprint density at radius 2 is 0.833 bits per heavy atom. The van der Waals surface area contributed by atoms with E-state index >= 15 is 0 Å². The van der Waals surface area contributed by atoms with Gasteiger partial charge in [-0.05, 0) is 70.9 Å². The topological polar surface area (TPSA) is 0 Å². The second-order valence-electron chi connectivity index (χ2n) is 11.3. The quantitative estimate of drug-likeness (QED) is 0.213. The number of aryl methyl sites for hydroxylation is 2. The Kier molecular flexibility index (Phi) is 10.7. The molecule has 0 heteroatoms. The highest BCUT2D eigenvalue weighted by atomic mass is 14.3. The minimum absolute atomic E-state index is 0.949. The van der Waals surface area contributed by atoms with Gasteiger partial charge in [-0.25, -0.2) is 0 Å². The average molecular weight is 481 g/mol. The molecule has 1 aliphatic rings. The Labute approximate surface area is 221 Å². The molecule has 0 bridgehead atoms. The monoisotopic (exact) mass is 480 g/mol. The Hall–Kier alpha value is -2.34. The molecule has 0 radical (unpaired) electrons. The zero-order valence-corrected chi connectivity index (χ0v) is 23.0. The second-order valence-corrected chi connectivity index (χ2v) is 11.3. The first kappa shape index (κ1) is 26.7. The predicted molar refractivity (Wildman–Crippen MR) is 158 cm³/mol. The summed E-state index contributed by atoms with van der Waals surface area (Å²) in [7, 11) is 0. The molecule has 0 spiro atoms. The van der Waals surface area contributed by atoms with Gasteiger partial charge in [0.1, 0.15) is 0 Å². The van der Waals surface area contributed by atoms with Crippen LogP contribution in [0, 0.1) is 11.8 Å². The molecule has 1 fully saturated rings. The van der Waals surface area contributed by atoms with Crippen molar-refractivity contribution in [3.8, 4) is 22.3 Å². The first-order valence-electron chi connectivity index (χ1n) is 15.0. The van der Waals surface area contributed by atoms with Crippen LogP contribution in [0.3, 0.4) is 0 Å². The molecule has 0 nitrogen and oxygen atoms in total. The van der Waals surface area contributed by atoms with E-state index in [4.69, 9.17) is 0 Å². The largest absolute Gasteiger partial charge is 0.0654 e. The van der Waals surface area contributed by atoms with Crippen LogP contribution in [-0.4, -0.2) is 0 Å². The molecule has 0 heterocycles. The van der Waals surface area contributed by atoms with E-state index in [1.165, 1.54) is 123 Å². The lowest BCUT2D eigenvalue weighted by molar-refractivity contribution is 0.249. The third-order valence-corrected chi connectivity index (χ3v) is 8.55. The summed E-state index contributed by atoms with van der Waals surface area (Å²) in [5.74, 6) is 1.97. The van der Waals surface area contributed by atoms with Gasteiger partial charge in [-0.2, -0.15) is 0 Å². The maximum Gasteiger partial charge on any atom is -0.0184 e. The molecule has 0 amide bonds. The van der Waals surface area contributed by atoms with Gasteiger partial charge >= 0.3 is 0 Å². The Balaban J connectivity index is 1.24. The fourth-order valence-corrected chi connectivity index (χ4v) is 6.02. The minimum atomic E-state index is 0.949. The highest BCUT2D eigenvalue weighted by Gasteiger charge is 2.20. The van der Waals surface area contributed by atoms with Gasteiger partial charge in [-0.3, -0.25) is 0 Å². The van der Waals surface area contributed by atoms with Crippen LogP contribution in [0.2, 0.25) is 0 Å². The highest BCUT2D eigenvalue weighted by Crippen LogP contribution is 2.34. The van der Waals surface area contributed by atoms with Crippen molar-refractivity contribution in [2.45, 2.75) is 104 Å². The third kappa shape index (κ3) is 8.09. The minimum Gasteiger partial charge on any atom is -0.0654 e. The first-order chi connectivity index (χ1) is 17.7. The molecule has 3 aromatic carbocycles. The predicted octanol–water partition coefficient (Wildman–Crippen LogP) is 11.1. The standard InChI is InChI=1S/C36H48/c1-3-5-7-9-29-11-13-31(14-12-29)15-16-32-19-23-34(24-20-32)36-27-25-35(26-28-36)33-21-17-30(18-22-33)10-8-6-4-2/h17-29,31H,3-16H2,1-2H3. The lowest BCUT2D eigenvalue weighted by atomic mass is 9.78. The molecule has 0 saturated heterocycles. The molecular formula is C36H48. The Bertz CT molecular complexity index is 985. The van der Waals surface area contributed by atoms with Crippen molar-refractivity contribution in [1.29, 1.82) is 0 Å². The van der Waals surface area contributed by atoms with Crippen molar-refractivity contribution in [2.75, 3.05) is 0 Å². The number of hydrogen-bond donors (Lipinski definition) is 0. The van der Waals surface area contributed by atoms with Crippen LogP contribution in [0.15, 0.2) is 72.8 Å². The lowest BCUT2D eigenvalue weighted by Crippen LogP contribution is -2.15. The zero-order valence-electron chi connectivity index (χ0n) is 23.0. The molecular weight excluding hydrogens is 432 g/mol. The maximum atomic E-state index is 2.36. The van der Waals surface area contributed by atoms with E-state index in [1.807, 2.05) is 0 Å². The van der Waals surface area contributed by atoms with Crippen LogP contribution in [0.5, 0.6) is 0 Å². The molecule has 4 rings (SSSR count). The molecule has 1 aliphatic carbocycles. The van der Waals surface area contributed by atoms with Gasteiger partial charge < -0.3 is 0 Å². The van der Waals surface area contributed by atoms with Gasteiger partial charge in [0.15, 0.2) is 0 Å². The zero-order chi connectivity index (χ0) is 25.0. The summed E-state index contributed by atoms with van der Waals surface area (Å²) in [6.07, 6.45) is 19.3. The summed E-state index contributed by atoms with van der Waals surface area (Å²) in [4.78, 5) is 0. The molecule has 0 aromatic heterocycles. The summed E-state index contributed by atoms with van der Waals surface area (Å²) < 4.78 is 0. The van der Waals surface area contributed by atoms with E-state index in [2.05, 4.69) is 86.6 Å². The summed E-state index contributed by atoms with van der Waals surface area (Å²) in [5.41, 5.74) is 8.20. The van der Waals surface area contributed by atoms with Crippen molar-refractivity contribution in [3.63, 3.8) is 0 Å². The summed E-state index contributed by atoms with van der Waals surface area (Å²) >= 11 is 0. The normalized spacial score (nSPS) is 17.8. The average Bonchev–Trinajstić information content (AvgIpc) is 2.94. The van der Waals surface area contributed by atoms with Crippen molar-refractivity contribution in [3.05, 3.63) is 83.9 Å². The van der Waals surface area contributed by atoms with Gasteiger partial charge in [0.2, 0.25) is 0 Å². The molecule has 0 N–H and O–H groups in total. The van der Waals surface area contributed by atoms with Crippen LogP contribution in [-0.2, 0) is 12.8 Å². The smallest absolute Gasteiger partial charge is 0.0184 e. The van der Waals surface area contributed by atoms with E-state index in [-0.39, 0.29) is 0 Å². The molecule has 192 valence electrons. The molecule has 0 unspecified atom stereocenters. The van der Waals surface area contributed by atoms with Crippen molar-refractivity contribution in [1.82, 2.24) is 0 Å². The summed E-state index contributed by atoms with van der Waals surface area (Å²) in [6, 6.07) is 27.6. The fraction of sp³-hybridized carbons (Fsp3) is 0.500. The summed E-state index contributed by atoms with van der Waals surface area (Å²) in [5, 5.41) is 0. The van der Waals surface area contributed by atoms with Gasteiger partial charge in [0.25, 0.3) is 0 Å². The van der Waals surface area contributed by atoms with Gasteiger partial charge in [-0.15, -0.1) is 0 Å². The van der Waals surface area contributed by atoms with Gasteiger partial charge in [0.05, 0.1) is 0 Å². The van der Waals surface area contributed by atoms with E-state index in [1.54, 1.807) is 0 Å². The van der Waals surface area contributed by atoms with Crippen LogP contribution in [0.25, 0.3) is 22.3 Å². The van der Waals surface area contributed by atoms with Crippen LogP contribution in [0.4, 0.5) is 0 Å². The van der Waals surface area contributed by atoms with Gasteiger partial charge in [0, 0.05) is 0 Å². The third-order valence-electron chi connectivity index (χ3n) is 8.55. The van der Waals surface area contributed by atoms with E-state index in [0.29, 0.717) is 0 Å². The van der Waals surface area contributed by atoms with Crippen LogP contribution >= 0.6 is 0 Å². The molecule has 36 heavy (non-hydrogen) atoms. The molecule has 0 aliphatic heterocycles. The number of rotatable bonds is 13. The van der Waals surface area contributed by atoms with E-state index in [0.717, 1.165) is 11.8 Å². The molecule has 3 aromatic rings.